The maximum atomic E-state index is 5.94. The highest BCUT2D eigenvalue weighted by molar-refractivity contribution is 6.28. The Bertz CT molecular complexity index is 388. The van der Waals surface area contributed by atoms with Crippen LogP contribution in [-0.4, -0.2) is 48.3 Å². The second kappa shape index (κ2) is 8.12. The van der Waals surface area contributed by atoms with E-state index in [9.17, 15) is 0 Å². The van der Waals surface area contributed by atoms with Gasteiger partial charge in [0.2, 0.25) is 17.2 Å². The Labute approximate surface area is 119 Å². The fraction of sp³-hybridized carbons (Fsp3) is 0.750. The molecule has 0 aliphatic rings. The minimum Gasteiger partial charge on any atom is -0.383 e. The molecule has 1 aromatic heterocycles. The lowest BCUT2D eigenvalue weighted by atomic mass is 10.2. The summed E-state index contributed by atoms with van der Waals surface area (Å²) >= 11 is 5.94. The molecule has 7 heteroatoms. The van der Waals surface area contributed by atoms with Crippen LogP contribution in [0.1, 0.15) is 20.8 Å². The summed E-state index contributed by atoms with van der Waals surface area (Å²) in [6.45, 7) is 9.19. The number of halogens is 1. The topological polar surface area (TPSA) is 63.2 Å². The Morgan fingerprint density at radius 2 is 2.05 bits per heavy atom. The van der Waals surface area contributed by atoms with Crippen LogP contribution in [0.15, 0.2) is 0 Å². The highest BCUT2D eigenvalue weighted by atomic mass is 35.5. The second-order valence-electron chi connectivity index (χ2n) is 4.59. The van der Waals surface area contributed by atoms with Crippen molar-refractivity contribution >= 4 is 23.5 Å². The number of nitrogens with one attached hydrogen (secondary N) is 1. The van der Waals surface area contributed by atoms with Gasteiger partial charge < -0.3 is 15.0 Å². The largest absolute Gasteiger partial charge is 0.383 e. The van der Waals surface area contributed by atoms with Crippen molar-refractivity contribution in [2.24, 2.45) is 5.92 Å². The molecule has 0 saturated carbocycles. The zero-order valence-corrected chi connectivity index (χ0v) is 12.7. The van der Waals surface area contributed by atoms with E-state index in [0.29, 0.717) is 24.4 Å². The van der Waals surface area contributed by atoms with Crippen molar-refractivity contribution in [2.45, 2.75) is 20.8 Å². The molecule has 19 heavy (non-hydrogen) atoms. The Kier molecular flexibility index (Phi) is 6.80. The number of nitrogens with zero attached hydrogens (tertiary/aromatic N) is 4. The lowest BCUT2D eigenvalue weighted by Crippen LogP contribution is -2.32. The molecule has 1 heterocycles. The third-order valence-electron chi connectivity index (χ3n) is 2.36. The molecule has 0 aromatic carbocycles. The third kappa shape index (κ3) is 5.57. The van der Waals surface area contributed by atoms with Crippen LogP contribution in [0.2, 0.25) is 5.28 Å². The quantitative estimate of drug-likeness (QED) is 0.790. The van der Waals surface area contributed by atoms with Crippen LogP contribution in [0, 0.1) is 5.92 Å². The van der Waals surface area contributed by atoms with E-state index in [4.69, 9.17) is 16.3 Å². The molecule has 1 rings (SSSR count). The first-order valence-corrected chi connectivity index (χ1v) is 6.84. The highest BCUT2D eigenvalue weighted by Gasteiger charge is 2.14. The smallest absolute Gasteiger partial charge is 0.231 e. The molecule has 0 aliphatic carbocycles. The van der Waals surface area contributed by atoms with Gasteiger partial charge in [-0.2, -0.15) is 15.0 Å². The van der Waals surface area contributed by atoms with Crippen molar-refractivity contribution in [2.75, 3.05) is 43.6 Å². The predicted molar refractivity (Wildman–Crippen MR) is 77.9 cm³/mol. The average Bonchev–Trinajstić information content (AvgIpc) is 2.33. The summed E-state index contributed by atoms with van der Waals surface area (Å²) in [5.74, 6) is 1.58. The average molecular weight is 288 g/mol. The van der Waals surface area contributed by atoms with Gasteiger partial charge in [-0.3, -0.25) is 0 Å². The highest BCUT2D eigenvalue weighted by Crippen LogP contribution is 2.15. The zero-order chi connectivity index (χ0) is 14.3. The fourth-order valence-electron chi connectivity index (χ4n) is 1.63. The summed E-state index contributed by atoms with van der Waals surface area (Å²) in [5, 5.41) is 3.25. The molecular weight excluding hydrogens is 266 g/mol. The fourth-order valence-corrected chi connectivity index (χ4v) is 1.79. The first-order chi connectivity index (χ1) is 9.06. The molecule has 0 radical (unpaired) electrons. The molecule has 1 aromatic rings. The molecule has 108 valence electrons. The molecule has 0 amide bonds. The maximum absolute atomic E-state index is 5.94. The van der Waals surface area contributed by atoms with Crippen molar-refractivity contribution in [1.29, 1.82) is 0 Å². The van der Waals surface area contributed by atoms with Gasteiger partial charge in [-0.05, 0) is 24.4 Å². The number of hydrogen-bond acceptors (Lipinski definition) is 6. The minimum atomic E-state index is 0.201. The zero-order valence-electron chi connectivity index (χ0n) is 12.0. The Hall–Kier alpha value is -1.14. The first-order valence-electron chi connectivity index (χ1n) is 6.46. The van der Waals surface area contributed by atoms with Gasteiger partial charge in [0.25, 0.3) is 0 Å². The van der Waals surface area contributed by atoms with Crippen molar-refractivity contribution in [3.8, 4) is 0 Å². The van der Waals surface area contributed by atoms with Crippen molar-refractivity contribution < 1.29 is 4.74 Å². The van der Waals surface area contributed by atoms with Crippen molar-refractivity contribution in [3.63, 3.8) is 0 Å². The van der Waals surface area contributed by atoms with Gasteiger partial charge in [0.05, 0.1) is 6.61 Å². The van der Waals surface area contributed by atoms with Gasteiger partial charge in [-0.25, -0.2) is 0 Å². The van der Waals surface area contributed by atoms with E-state index in [-0.39, 0.29) is 5.28 Å². The second-order valence-corrected chi connectivity index (χ2v) is 4.93. The van der Waals surface area contributed by atoms with Gasteiger partial charge in [-0.15, -0.1) is 0 Å². The Balaban J connectivity index is 2.92. The van der Waals surface area contributed by atoms with Crippen molar-refractivity contribution in [3.05, 3.63) is 5.28 Å². The minimum absolute atomic E-state index is 0.201. The van der Waals surface area contributed by atoms with Gasteiger partial charge >= 0.3 is 0 Å². The lowest BCUT2D eigenvalue weighted by molar-refractivity contribution is 0.204. The maximum Gasteiger partial charge on any atom is 0.231 e. The predicted octanol–water partition coefficient (Wildman–Crippen LogP) is 2.07. The van der Waals surface area contributed by atoms with Crippen molar-refractivity contribution in [1.82, 2.24) is 15.0 Å². The van der Waals surface area contributed by atoms with Crippen LogP contribution in [0.5, 0.6) is 0 Å². The van der Waals surface area contributed by atoms with E-state index in [1.54, 1.807) is 7.11 Å². The molecule has 0 aliphatic heterocycles. The van der Waals surface area contributed by atoms with Gasteiger partial charge in [0, 0.05) is 26.7 Å². The van der Waals surface area contributed by atoms with Crippen LogP contribution in [0.4, 0.5) is 11.9 Å². The monoisotopic (exact) mass is 287 g/mol. The number of methoxy groups -OCH3 is 1. The summed E-state index contributed by atoms with van der Waals surface area (Å²) in [7, 11) is 1.68. The van der Waals surface area contributed by atoms with Gasteiger partial charge in [-0.1, -0.05) is 13.8 Å². The number of aromatic nitrogens is 3. The molecule has 0 unspecified atom stereocenters. The van der Waals surface area contributed by atoms with Crippen LogP contribution in [0.3, 0.4) is 0 Å². The van der Waals surface area contributed by atoms with Gasteiger partial charge in [0.1, 0.15) is 0 Å². The molecule has 6 nitrogen and oxygen atoms in total. The molecular formula is C12H22ClN5O. The van der Waals surface area contributed by atoms with E-state index >= 15 is 0 Å². The summed E-state index contributed by atoms with van der Waals surface area (Å²) in [6.07, 6.45) is 0. The molecule has 0 atom stereocenters. The van der Waals surface area contributed by atoms with Crippen LogP contribution >= 0.6 is 11.6 Å². The Morgan fingerprint density at radius 3 is 2.63 bits per heavy atom. The van der Waals surface area contributed by atoms with Crippen LogP contribution < -0.4 is 10.2 Å². The molecule has 0 bridgehead atoms. The van der Waals surface area contributed by atoms with E-state index < -0.39 is 0 Å². The standard InChI is InChI=1S/C12H22ClN5O/c1-5-14-11-15-10(13)16-12(17-11)18(6-7-19-4)8-9(2)3/h9H,5-8H2,1-4H3,(H,14,15,16,17). The number of rotatable bonds is 8. The van der Waals surface area contributed by atoms with Gasteiger partial charge in [0.15, 0.2) is 0 Å². The summed E-state index contributed by atoms with van der Waals surface area (Å²) in [6, 6.07) is 0. The molecule has 0 spiro atoms. The number of hydrogen-bond donors (Lipinski definition) is 1. The normalized spacial score (nSPS) is 10.8. The van der Waals surface area contributed by atoms with E-state index in [1.807, 2.05) is 6.92 Å². The molecule has 0 fully saturated rings. The first kappa shape index (κ1) is 15.9. The summed E-state index contributed by atoms with van der Waals surface area (Å²) < 4.78 is 5.12. The van der Waals surface area contributed by atoms with E-state index in [2.05, 4.69) is 39.0 Å². The van der Waals surface area contributed by atoms with E-state index in [0.717, 1.165) is 19.6 Å². The third-order valence-corrected chi connectivity index (χ3v) is 2.53. The number of anilines is 2. The SMILES string of the molecule is CCNc1nc(Cl)nc(N(CCOC)CC(C)C)n1. The van der Waals surface area contributed by atoms with Crippen LogP contribution in [0.25, 0.3) is 0 Å². The van der Waals surface area contributed by atoms with Crippen LogP contribution in [-0.2, 0) is 4.74 Å². The number of ether oxygens (including phenoxy) is 1. The summed E-state index contributed by atoms with van der Waals surface area (Å²) in [5.41, 5.74) is 0. The summed E-state index contributed by atoms with van der Waals surface area (Å²) in [4.78, 5) is 14.7. The molecule has 1 N–H and O–H groups in total. The van der Waals surface area contributed by atoms with E-state index in [1.165, 1.54) is 0 Å². The Morgan fingerprint density at radius 1 is 1.32 bits per heavy atom. The molecule has 0 saturated heterocycles. The lowest BCUT2D eigenvalue weighted by Gasteiger charge is -2.24.